The SMILES string of the molecule is CCOC(=O)c1cnn(-c2cc(C)c3cccc(C)c3n2)c1Nc1ccc(-c2ccc(F)cc2)nn1. The molecular formula is C27H23FN6O2. The Balaban J connectivity index is 1.56. The Kier molecular flexibility index (Phi) is 6.12. The van der Waals surface area contributed by atoms with Gasteiger partial charge in [-0.05, 0) is 74.4 Å². The molecule has 3 aromatic heterocycles. The summed E-state index contributed by atoms with van der Waals surface area (Å²) in [6.45, 7) is 5.98. The van der Waals surface area contributed by atoms with Crippen molar-refractivity contribution in [2.24, 2.45) is 0 Å². The zero-order chi connectivity index (χ0) is 25.2. The molecule has 5 rings (SSSR count). The first-order chi connectivity index (χ1) is 17.4. The van der Waals surface area contributed by atoms with E-state index in [1.54, 1.807) is 35.9 Å². The van der Waals surface area contributed by atoms with Crippen molar-refractivity contribution in [2.75, 3.05) is 11.9 Å². The average Bonchev–Trinajstić information content (AvgIpc) is 3.29. The molecule has 5 aromatic rings. The van der Waals surface area contributed by atoms with Gasteiger partial charge in [0, 0.05) is 10.9 Å². The van der Waals surface area contributed by atoms with Crippen LogP contribution in [-0.2, 0) is 4.74 Å². The minimum Gasteiger partial charge on any atom is -0.462 e. The smallest absolute Gasteiger partial charge is 0.343 e. The Labute approximate surface area is 206 Å². The molecule has 0 atom stereocenters. The highest BCUT2D eigenvalue weighted by molar-refractivity contribution is 5.95. The van der Waals surface area contributed by atoms with Crippen LogP contribution in [0.2, 0.25) is 0 Å². The van der Waals surface area contributed by atoms with Crippen LogP contribution in [0.5, 0.6) is 0 Å². The second-order valence-corrected chi connectivity index (χ2v) is 8.24. The van der Waals surface area contributed by atoms with Crippen molar-refractivity contribution in [2.45, 2.75) is 20.8 Å². The first kappa shape index (κ1) is 23.1. The third kappa shape index (κ3) is 4.38. The van der Waals surface area contributed by atoms with E-state index < -0.39 is 5.97 Å². The fourth-order valence-electron chi connectivity index (χ4n) is 3.95. The number of anilines is 2. The van der Waals surface area contributed by atoms with Gasteiger partial charge < -0.3 is 10.1 Å². The van der Waals surface area contributed by atoms with Gasteiger partial charge in [0.25, 0.3) is 0 Å². The normalized spacial score (nSPS) is 11.0. The van der Waals surface area contributed by atoms with E-state index >= 15 is 0 Å². The summed E-state index contributed by atoms with van der Waals surface area (Å²) in [5.74, 6) is 0.454. The second-order valence-electron chi connectivity index (χ2n) is 8.24. The summed E-state index contributed by atoms with van der Waals surface area (Å²) in [4.78, 5) is 17.5. The molecule has 0 unspecified atom stereocenters. The van der Waals surface area contributed by atoms with Crippen LogP contribution >= 0.6 is 0 Å². The van der Waals surface area contributed by atoms with E-state index in [1.807, 2.05) is 38.1 Å². The maximum Gasteiger partial charge on any atom is 0.343 e. The number of nitrogens with zero attached hydrogens (tertiary/aromatic N) is 5. The standard InChI is InChI=1S/C27H23FN6O2/c1-4-36-27(35)21-15-29-34(24-14-17(3)20-7-5-6-16(2)25(20)31-24)26(21)30-23-13-12-22(32-33-23)18-8-10-19(28)11-9-18/h5-15H,4H2,1-3H3,(H,30,33). The van der Waals surface area contributed by atoms with E-state index in [-0.39, 0.29) is 18.0 Å². The number of halogens is 1. The molecule has 0 bridgehead atoms. The number of esters is 1. The van der Waals surface area contributed by atoms with Gasteiger partial charge in [-0.2, -0.15) is 9.78 Å². The Morgan fingerprint density at radius 2 is 1.83 bits per heavy atom. The van der Waals surface area contributed by atoms with Gasteiger partial charge in [-0.1, -0.05) is 18.2 Å². The number of hydrogen-bond acceptors (Lipinski definition) is 7. The van der Waals surface area contributed by atoms with Crippen LogP contribution < -0.4 is 5.32 Å². The van der Waals surface area contributed by atoms with Crippen LogP contribution in [0.3, 0.4) is 0 Å². The van der Waals surface area contributed by atoms with E-state index in [1.165, 1.54) is 18.3 Å². The lowest BCUT2D eigenvalue weighted by atomic mass is 10.1. The number of aromatic nitrogens is 5. The Morgan fingerprint density at radius 1 is 1.03 bits per heavy atom. The third-order valence-corrected chi connectivity index (χ3v) is 5.77. The highest BCUT2D eigenvalue weighted by Gasteiger charge is 2.22. The van der Waals surface area contributed by atoms with Gasteiger partial charge in [0.15, 0.2) is 17.5 Å². The van der Waals surface area contributed by atoms with Crippen LogP contribution in [0.25, 0.3) is 28.0 Å². The van der Waals surface area contributed by atoms with Crippen molar-refractivity contribution in [3.05, 3.63) is 89.4 Å². The minimum absolute atomic E-state index is 0.224. The van der Waals surface area contributed by atoms with Gasteiger partial charge in [0.1, 0.15) is 11.4 Å². The van der Waals surface area contributed by atoms with Crippen molar-refractivity contribution >= 4 is 28.5 Å². The van der Waals surface area contributed by atoms with Gasteiger partial charge >= 0.3 is 5.97 Å². The van der Waals surface area contributed by atoms with Gasteiger partial charge in [-0.15, -0.1) is 10.2 Å². The van der Waals surface area contributed by atoms with Crippen molar-refractivity contribution in [1.29, 1.82) is 0 Å². The van der Waals surface area contributed by atoms with Crippen molar-refractivity contribution in [3.63, 3.8) is 0 Å². The quantitative estimate of drug-likeness (QED) is 0.317. The highest BCUT2D eigenvalue weighted by Crippen LogP contribution is 2.28. The summed E-state index contributed by atoms with van der Waals surface area (Å²) in [6, 6.07) is 17.4. The zero-order valence-electron chi connectivity index (χ0n) is 20.0. The zero-order valence-corrected chi connectivity index (χ0v) is 20.0. The fourth-order valence-corrected chi connectivity index (χ4v) is 3.95. The molecule has 180 valence electrons. The number of carbonyl (C=O) groups excluding carboxylic acids is 1. The second kappa shape index (κ2) is 9.53. The topological polar surface area (TPSA) is 94.8 Å². The molecule has 0 aliphatic heterocycles. The number of carbonyl (C=O) groups is 1. The molecule has 0 aliphatic carbocycles. The summed E-state index contributed by atoms with van der Waals surface area (Å²) in [7, 11) is 0. The van der Waals surface area contributed by atoms with Crippen molar-refractivity contribution in [1.82, 2.24) is 25.0 Å². The van der Waals surface area contributed by atoms with Crippen LogP contribution in [-0.4, -0.2) is 37.5 Å². The summed E-state index contributed by atoms with van der Waals surface area (Å²) in [5, 5.41) is 17.1. The lowest BCUT2D eigenvalue weighted by molar-refractivity contribution is 0.0527. The maximum absolute atomic E-state index is 13.3. The molecule has 3 heterocycles. The lowest BCUT2D eigenvalue weighted by Gasteiger charge is -2.13. The number of aryl methyl sites for hydroxylation is 2. The van der Waals surface area contributed by atoms with E-state index in [2.05, 4.69) is 20.6 Å². The largest absolute Gasteiger partial charge is 0.462 e. The average molecular weight is 483 g/mol. The van der Waals surface area contributed by atoms with Crippen LogP contribution in [0.4, 0.5) is 16.0 Å². The Morgan fingerprint density at radius 3 is 2.56 bits per heavy atom. The number of nitrogens with one attached hydrogen (secondary N) is 1. The van der Waals surface area contributed by atoms with Crippen LogP contribution in [0.1, 0.15) is 28.4 Å². The molecule has 0 aliphatic rings. The molecule has 9 heteroatoms. The maximum atomic E-state index is 13.3. The van der Waals surface area contributed by atoms with Crippen molar-refractivity contribution in [3.8, 4) is 17.1 Å². The summed E-state index contributed by atoms with van der Waals surface area (Å²) in [6.07, 6.45) is 1.44. The molecule has 0 radical (unpaired) electrons. The number of pyridine rings is 1. The molecule has 36 heavy (non-hydrogen) atoms. The molecule has 8 nitrogen and oxygen atoms in total. The number of ether oxygens (including phenoxy) is 1. The molecule has 2 aromatic carbocycles. The summed E-state index contributed by atoms with van der Waals surface area (Å²) < 4.78 is 20.0. The number of fused-ring (bicyclic) bond motifs is 1. The fraction of sp³-hybridized carbons (Fsp3) is 0.148. The molecule has 1 N–H and O–H groups in total. The van der Waals surface area contributed by atoms with E-state index in [4.69, 9.17) is 9.72 Å². The van der Waals surface area contributed by atoms with Crippen LogP contribution in [0, 0.1) is 19.7 Å². The number of rotatable bonds is 6. The first-order valence-corrected chi connectivity index (χ1v) is 11.4. The number of para-hydroxylation sites is 1. The predicted molar refractivity (Wildman–Crippen MR) is 135 cm³/mol. The lowest BCUT2D eigenvalue weighted by Crippen LogP contribution is -2.11. The highest BCUT2D eigenvalue weighted by atomic mass is 19.1. The van der Waals surface area contributed by atoms with E-state index in [0.717, 1.165) is 27.6 Å². The van der Waals surface area contributed by atoms with Gasteiger partial charge in [-0.25, -0.2) is 14.2 Å². The third-order valence-electron chi connectivity index (χ3n) is 5.77. The van der Waals surface area contributed by atoms with Gasteiger partial charge in [-0.3, -0.25) is 0 Å². The monoisotopic (exact) mass is 482 g/mol. The Bertz CT molecular complexity index is 1560. The predicted octanol–water partition coefficient (Wildman–Crippen LogP) is 5.55. The molecule has 0 saturated heterocycles. The number of hydrogen-bond donors (Lipinski definition) is 1. The molecule has 0 saturated carbocycles. The summed E-state index contributed by atoms with van der Waals surface area (Å²) in [5.41, 5.74) is 4.48. The van der Waals surface area contributed by atoms with E-state index in [9.17, 15) is 9.18 Å². The van der Waals surface area contributed by atoms with Gasteiger partial charge in [0.2, 0.25) is 0 Å². The van der Waals surface area contributed by atoms with E-state index in [0.29, 0.717) is 23.1 Å². The van der Waals surface area contributed by atoms with Crippen molar-refractivity contribution < 1.29 is 13.9 Å². The minimum atomic E-state index is -0.518. The molecule has 0 spiro atoms. The van der Waals surface area contributed by atoms with Gasteiger partial charge in [0.05, 0.1) is 24.0 Å². The van der Waals surface area contributed by atoms with Crippen LogP contribution in [0.15, 0.2) is 66.9 Å². The molecule has 0 fully saturated rings. The number of benzene rings is 2. The molecular weight excluding hydrogens is 459 g/mol. The summed E-state index contributed by atoms with van der Waals surface area (Å²) >= 11 is 0. The first-order valence-electron chi connectivity index (χ1n) is 11.4. The Hall–Kier alpha value is -4.66. The molecule has 0 amide bonds.